The summed E-state index contributed by atoms with van der Waals surface area (Å²) in [6, 6.07) is 5.98. The maximum Gasteiger partial charge on any atom is 0.417 e. The summed E-state index contributed by atoms with van der Waals surface area (Å²) in [6.45, 7) is 0. The van der Waals surface area contributed by atoms with Crippen molar-refractivity contribution in [1.29, 1.82) is 0 Å². The van der Waals surface area contributed by atoms with Crippen LogP contribution in [0, 0.1) is 0 Å². The zero-order chi connectivity index (χ0) is 14.0. The first-order chi connectivity index (χ1) is 8.86. The molecule has 0 N–H and O–H groups in total. The number of halogens is 5. The van der Waals surface area contributed by atoms with Crippen molar-refractivity contribution in [2.24, 2.45) is 0 Å². The Hall–Kier alpha value is -1.53. The van der Waals surface area contributed by atoms with Crippen LogP contribution >= 0.6 is 23.2 Å². The third-order valence-electron chi connectivity index (χ3n) is 2.07. The fourth-order valence-electron chi connectivity index (χ4n) is 1.26. The van der Waals surface area contributed by atoms with Crippen LogP contribution in [0.3, 0.4) is 0 Å². The second-order valence-corrected chi connectivity index (χ2v) is 4.23. The molecule has 0 fully saturated rings. The number of aromatic nitrogens is 2. The van der Waals surface area contributed by atoms with Crippen LogP contribution in [0.25, 0.3) is 0 Å². The summed E-state index contributed by atoms with van der Waals surface area (Å²) in [7, 11) is 0. The summed E-state index contributed by atoms with van der Waals surface area (Å²) in [4.78, 5) is 0. The van der Waals surface area contributed by atoms with Gasteiger partial charge in [0.2, 0.25) is 5.88 Å². The van der Waals surface area contributed by atoms with E-state index in [-0.39, 0.29) is 16.8 Å². The van der Waals surface area contributed by atoms with Crippen molar-refractivity contribution in [3.8, 4) is 11.6 Å². The van der Waals surface area contributed by atoms with Crippen molar-refractivity contribution < 1.29 is 17.9 Å². The molecular formula is C11H5Cl2F3N2O. The first-order valence-corrected chi connectivity index (χ1v) is 5.66. The molecule has 0 aliphatic rings. The van der Waals surface area contributed by atoms with Gasteiger partial charge in [-0.3, -0.25) is 0 Å². The van der Waals surface area contributed by atoms with E-state index in [1.165, 1.54) is 18.2 Å². The van der Waals surface area contributed by atoms with Crippen molar-refractivity contribution in [2.45, 2.75) is 6.18 Å². The van der Waals surface area contributed by atoms with Crippen molar-refractivity contribution in [2.75, 3.05) is 0 Å². The van der Waals surface area contributed by atoms with E-state index in [2.05, 4.69) is 10.2 Å². The monoisotopic (exact) mass is 308 g/mol. The number of alkyl halides is 3. The standard InChI is InChI=1S/C11H5Cl2F3N2O/c12-8-2-1-6(5-7(8)11(14,15)16)19-10-4-3-9(13)17-18-10/h1-5H. The summed E-state index contributed by atoms with van der Waals surface area (Å²) in [6.07, 6.45) is -4.55. The van der Waals surface area contributed by atoms with Gasteiger partial charge in [0, 0.05) is 6.07 Å². The van der Waals surface area contributed by atoms with Crippen LogP contribution in [0.2, 0.25) is 10.2 Å². The average molecular weight is 309 g/mol. The molecule has 8 heteroatoms. The predicted molar refractivity (Wildman–Crippen MR) is 63.6 cm³/mol. The minimum atomic E-state index is -4.55. The highest BCUT2D eigenvalue weighted by Gasteiger charge is 2.33. The van der Waals surface area contributed by atoms with Crippen LogP contribution < -0.4 is 4.74 Å². The molecule has 1 aromatic heterocycles. The predicted octanol–water partition coefficient (Wildman–Crippen LogP) is 4.59. The van der Waals surface area contributed by atoms with Crippen molar-refractivity contribution in [3.05, 3.63) is 46.1 Å². The Morgan fingerprint density at radius 2 is 1.74 bits per heavy atom. The van der Waals surface area contributed by atoms with E-state index in [9.17, 15) is 13.2 Å². The molecular weight excluding hydrogens is 304 g/mol. The highest BCUT2D eigenvalue weighted by molar-refractivity contribution is 6.31. The molecule has 0 amide bonds. The molecule has 100 valence electrons. The average Bonchev–Trinajstić information content (AvgIpc) is 2.33. The van der Waals surface area contributed by atoms with E-state index in [0.717, 1.165) is 12.1 Å². The van der Waals surface area contributed by atoms with Crippen LogP contribution in [-0.4, -0.2) is 10.2 Å². The summed E-state index contributed by atoms with van der Waals surface area (Å²) < 4.78 is 43.0. The Morgan fingerprint density at radius 3 is 2.32 bits per heavy atom. The summed E-state index contributed by atoms with van der Waals surface area (Å²) in [5, 5.41) is 6.83. The Kier molecular flexibility index (Phi) is 3.82. The molecule has 19 heavy (non-hydrogen) atoms. The lowest BCUT2D eigenvalue weighted by Gasteiger charge is -2.11. The molecule has 1 heterocycles. The lowest BCUT2D eigenvalue weighted by Crippen LogP contribution is -2.06. The third-order valence-corrected chi connectivity index (χ3v) is 2.60. The normalized spacial score (nSPS) is 11.4. The van der Waals surface area contributed by atoms with Crippen molar-refractivity contribution in [1.82, 2.24) is 10.2 Å². The van der Waals surface area contributed by atoms with Gasteiger partial charge >= 0.3 is 6.18 Å². The van der Waals surface area contributed by atoms with Gasteiger partial charge in [0.1, 0.15) is 5.75 Å². The lowest BCUT2D eigenvalue weighted by molar-refractivity contribution is -0.137. The third kappa shape index (κ3) is 3.48. The number of nitrogens with zero attached hydrogens (tertiary/aromatic N) is 2. The highest BCUT2D eigenvalue weighted by atomic mass is 35.5. The maximum atomic E-state index is 12.6. The Bertz CT molecular complexity index is 587. The van der Waals surface area contributed by atoms with E-state index < -0.39 is 16.8 Å². The number of hydrogen-bond donors (Lipinski definition) is 0. The van der Waals surface area contributed by atoms with E-state index in [1.54, 1.807) is 0 Å². The van der Waals surface area contributed by atoms with E-state index in [1.807, 2.05) is 0 Å². The van der Waals surface area contributed by atoms with Crippen molar-refractivity contribution in [3.63, 3.8) is 0 Å². The Balaban J connectivity index is 2.29. The topological polar surface area (TPSA) is 35.0 Å². The van der Waals surface area contributed by atoms with Gasteiger partial charge in [0.15, 0.2) is 5.15 Å². The molecule has 0 aliphatic heterocycles. The first-order valence-electron chi connectivity index (χ1n) is 4.90. The molecule has 0 saturated carbocycles. The number of rotatable bonds is 2. The van der Waals surface area contributed by atoms with Crippen molar-refractivity contribution >= 4 is 23.2 Å². The van der Waals surface area contributed by atoms with E-state index in [4.69, 9.17) is 27.9 Å². The van der Waals surface area contributed by atoms with Gasteiger partial charge in [0.25, 0.3) is 0 Å². The SMILES string of the molecule is FC(F)(F)c1cc(Oc2ccc(Cl)nn2)ccc1Cl. The highest BCUT2D eigenvalue weighted by Crippen LogP contribution is 2.37. The van der Waals surface area contributed by atoms with Gasteiger partial charge in [-0.1, -0.05) is 23.2 Å². The Labute approximate surface area is 115 Å². The number of hydrogen-bond acceptors (Lipinski definition) is 3. The van der Waals surface area contributed by atoms with Crippen LogP contribution in [0.4, 0.5) is 13.2 Å². The number of ether oxygens (including phenoxy) is 1. The molecule has 0 atom stereocenters. The summed E-state index contributed by atoms with van der Waals surface area (Å²) >= 11 is 11.0. The van der Waals surface area contributed by atoms with Crippen LogP contribution in [0.1, 0.15) is 5.56 Å². The largest absolute Gasteiger partial charge is 0.438 e. The fourth-order valence-corrected chi connectivity index (χ4v) is 1.59. The molecule has 0 saturated heterocycles. The lowest BCUT2D eigenvalue weighted by atomic mass is 10.2. The minimum Gasteiger partial charge on any atom is -0.438 e. The van der Waals surface area contributed by atoms with Gasteiger partial charge in [-0.05, 0) is 24.3 Å². The zero-order valence-corrected chi connectivity index (χ0v) is 10.6. The molecule has 0 radical (unpaired) electrons. The van der Waals surface area contributed by atoms with E-state index in [0.29, 0.717) is 0 Å². The summed E-state index contributed by atoms with van der Waals surface area (Å²) in [5.74, 6) is -0.0202. The molecule has 2 rings (SSSR count). The van der Waals surface area contributed by atoms with Crippen LogP contribution in [0.15, 0.2) is 30.3 Å². The molecule has 1 aromatic carbocycles. The van der Waals surface area contributed by atoms with Crippen LogP contribution in [-0.2, 0) is 6.18 Å². The molecule has 2 aromatic rings. The molecule has 0 unspecified atom stereocenters. The molecule has 0 spiro atoms. The minimum absolute atomic E-state index is 0.0276. The zero-order valence-electron chi connectivity index (χ0n) is 9.08. The summed E-state index contributed by atoms with van der Waals surface area (Å²) in [5.41, 5.74) is -0.978. The quantitative estimate of drug-likeness (QED) is 0.813. The van der Waals surface area contributed by atoms with Gasteiger partial charge in [-0.15, -0.1) is 10.2 Å². The second kappa shape index (κ2) is 5.22. The Morgan fingerprint density at radius 1 is 1.00 bits per heavy atom. The van der Waals surface area contributed by atoms with E-state index >= 15 is 0 Å². The van der Waals surface area contributed by atoms with Gasteiger partial charge in [-0.25, -0.2) is 0 Å². The molecule has 0 bridgehead atoms. The fraction of sp³-hybridized carbons (Fsp3) is 0.0909. The molecule has 3 nitrogen and oxygen atoms in total. The van der Waals surface area contributed by atoms with Gasteiger partial charge in [-0.2, -0.15) is 13.2 Å². The second-order valence-electron chi connectivity index (χ2n) is 3.44. The first kappa shape index (κ1) is 13.9. The smallest absolute Gasteiger partial charge is 0.417 e. The van der Waals surface area contributed by atoms with Gasteiger partial charge in [0.05, 0.1) is 10.6 Å². The molecule has 0 aliphatic carbocycles. The van der Waals surface area contributed by atoms with Crippen LogP contribution in [0.5, 0.6) is 11.6 Å². The maximum absolute atomic E-state index is 12.6. The van der Waals surface area contributed by atoms with Gasteiger partial charge < -0.3 is 4.74 Å². The number of benzene rings is 1.